The van der Waals surface area contributed by atoms with Gasteiger partial charge in [0.2, 0.25) is 0 Å². The Kier molecular flexibility index (Phi) is 4.81. The Bertz CT molecular complexity index is 628. The molecule has 0 atom stereocenters. The van der Waals surface area contributed by atoms with Crippen LogP contribution in [0, 0.1) is 12.7 Å². The summed E-state index contributed by atoms with van der Waals surface area (Å²) < 4.78 is 13.2. The molecular weight excluding hydrogens is 271 g/mol. The van der Waals surface area contributed by atoms with E-state index in [2.05, 4.69) is 20.6 Å². The van der Waals surface area contributed by atoms with E-state index in [9.17, 15) is 9.18 Å². The van der Waals surface area contributed by atoms with Crippen molar-refractivity contribution in [2.75, 3.05) is 17.2 Å². The van der Waals surface area contributed by atoms with Gasteiger partial charge in [-0.1, -0.05) is 13.0 Å². The zero-order valence-corrected chi connectivity index (χ0v) is 12.0. The quantitative estimate of drug-likeness (QED) is 0.887. The molecule has 1 aromatic heterocycles. The molecule has 2 rings (SSSR count). The lowest BCUT2D eigenvalue weighted by molar-refractivity contribution is 0.102. The standard InChI is InChI=1S/C15H17FN4O/c1-3-6-17-14-9-18-13(8-19-14)15(21)20-12-7-11(16)5-4-10(12)2/h4-5,7-9H,3,6H2,1-2H3,(H,17,19)(H,20,21). The van der Waals surface area contributed by atoms with Gasteiger partial charge in [0.25, 0.3) is 5.91 Å². The number of hydrogen-bond donors (Lipinski definition) is 2. The normalized spacial score (nSPS) is 10.2. The molecule has 0 aliphatic rings. The summed E-state index contributed by atoms with van der Waals surface area (Å²) in [5.74, 6) is -0.199. The summed E-state index contributed by atoms with van der Waals surface area (Å²) in [5, 5.41) is 5.70. The minimum atomic E-state index is -0.418. The van der Waals surface area contributed by atoms with Crippen LogP contribution >= 0.6 is 0 Å². The summed E-state index contributed by atoms with van der Waals surface area (Å²) in [4.78, 5) is 20.2. The summed E-state index contributed by atoms with van der Waals surface area (Å²) in [5.41, 5.74) is 1.38. The third-order valence-electron chi connectivity index (χ3n) is 2.89. The van der Waals surface area contributed by atoms with Gasteiger partial charge in [-0.3, -0.25) is 4.79 Å². The molecule has 0 fully saturated rings. The number of carbonyl (C=O) groups excluding carboxylic acids is 1. The monoisotopic (exact) mass is 288 g/mol. The molecular formula is C15H17FN4O. The number of amides is 1. The van der Waals surface area contributed by atoms with Crippen molar-refractivity contribution in [3.05, 3.63) is 47.7 Å². The van der Waals surface area contributed by atoms with Gasteiger partial charge in [0.05, 0.1) is 12.4 Å². The molecule has 110 valence electrons. The van der Waals surface area contributed by atoms with Crippen molar-refractivity contribution < 1.29 is 9.18 Å². The second-order valence-corrected chi connectivity index (χ2v) is 4.63. The number of nitrogens with zero attached hydrogens (tertiary/aromatic N) is 2. The fraction of sp³-hybridized carbons (Fsp3) is 0.267. The van der Waals surface area contributed by atoms with Crippen LogP contribution in [0.2, 0.25) is 0 Å². The van der Waals surface area contributed by atoms with Crippen LogP contribution in [0.5, 0.6) is 0 Å². The maximum atomic E-state index is 13.2. The average molecular weight is 288 g/mol. The molecule has 0 saturated heterocycles. The van der Waals surface area contributed by atoms with Crippen LogP contribution in [0.4, 0.5) is 15.9 Å². The minimum absolute atomic E-state index is 0.181. The molecule has 0 aliphatic carbocycles. The predicted octanol–water partition coefficient (Wildman–Crippen LogP) is 3.00. The van der Waals surface area contributed by atoms with E-state index in [1.54, 1.807) is 13.0 Å². The van der Waals surface area contributed by atoms with Gasteiger partial charge in [0, 0.05) is 12.2 Å². The highest BCUT2D eigenvalue weighted by atomic mass is 19.1. The molecule has 6 heteroatoms. The van der Waals surface area contributed by atoms with Crippen molar-refractivity contribution in [3.8, 4) is 0 Å². The molecule has 5 nitrogen and oxygen atoms in total. The maximum absolute atomic E-state index is 13.2. The van der Waals surface area contributed by atoms with E-state index in [0.717, 1.165) is 18.5 Å². The largest absolute Gasteiger partial charge is 0.369 e. The molecule has 0 saturated carbocycles. The summed E-state index contributed by atoms with van der Waals surface area (Å²) in [6.45, 7) is 4.63. The molecule has 0 spiro atoms. The number of aromatic nitrogens is 2. The Morgan fingerprint density at radius 1 is 1.29 bits per heavy atom. The lowest BCUT2D eigenvalue weighted by Crippen LogP contribution is -2.15. The molecule has 21 heavy (non-hydrogen) atoms. The van der Waals surface area contributed by atoms with Crippen LogP contribution in [-0.4, -0.2) is 22.4 Å². The van der Waals surface area contributed by atoms with Crippen molar-refractivity contribution in [2.45, 2.75) is 20.3 Å². The molecule has 2 aromatic rings. The van der Waals surface area contributed by atoms with Gasteiger partial charge in [-0.15, -0.1) is 0 Å². The third kappa shape index (κ3) is 3.98. The van der Waals surface area contributed by atoms with Gasteiger partial charge in [-0.2, -0.15) is 0 Å². The second kappa shape index (κ2) is 6.78. The van der Waals surface area contributed by atoms with Crippen molar-refractivity contribution in [1.82, 2.24) is 9.97 Å². The number of aryl methyl sites for hydroxylation is 1. The third-order valence-corrected chi connectivity index (χ3v) is 2.89. The van der Waals surface area contributed by atoms with E-state index < -0.39 is 11.7 Å². The van der Waals surface area contributed by atoms with Gasteiger partial charge in [0.1, 0.15) is 17.3 Å². The molecule has 0 bridgehead atoms. The SMILES string of the molecule is CCCNc1cnc(C(=O)Nc2cc(F)ccc2C)cn1. The zero-order chi connectivity index (χ0) is 15.2. The van der Waals surface area contributed by atoms with Crippen LogP contribution in [0.3, 0.4) is 0 Å². The summed E-state index contributed by atoms with van der Waals surface area (Å²) in [6, 6.07) is 4.23. The lowest BCUT2D eigenvalue weighted by Gasteiger charge is -2.08. The van der Waals surface area contributed by atoms with E-state index >= 15 is 0 Å². The molecule has 2 N–H and O–H groups in total. The Morgan fingerprint density at radius 3 is 2.76 bits per heavy atom. The van der Waals surface area contributed by atoms with E-state index in [1.165, 1.54) is 24.5 Å². The summed E-state index contributed by atoms with van der Waals surface area (Å²) >= 11 is 0. The molecule has 1 amide bonds. The fourth-order valence-corrected chi connectivity index (χ4v) is 1.70. The Labute approximate surface area is 122 Å². The number of carbonyl (C=O) groups is 1. The first kappa shape index (κ1) is 14.9. The maximum Gasteiger partial charge on any atom is 0.275 e. The second-order valence-electron chi connectivity index (χ2n) is 4.63. The van der Waals surface area contributed by atoms with Crippen LogP contribution in [0.1, 0.15) is 29.4 Å². The molecule has 0 radical (unpaired) electrons. The van der Waals surface area contributed by atoms with Gasteiger partial charge in [-0.25, -0.2) is 14.4 Å². The van der Waals surface area contributed by atoms with Gasteiger partial charge < -0.3 is 10.6 Å². The number of rotatable bonds is 5. The highest BCUT2D eigenvalue weighted by molar-refractivity contribution is 6.03. The average Bonchev–Trinajstić information content (AvgIpc) is 2.49. The lowest BCUT2D eigenvalue weighted by atomic mass is 10.2. The van der Waals surface area contributed by atoms with E-state index in [-0.39, 0.29) is 5.69 Å². The zero-order valence-electron chi connectivity index (χ0n) is 12.0. The van der Waals surface area contributed by atoms with Crippen molar-refractivity contribution >= 4 is 17.4 Å². The van der Waals surface area contributed by atoms with Crippen molar-refractivity contribution in [3.63, 3.8) is 0 Å². The number of nitrogens with one attached hydrogen (secondary N) is 2. The summed E-state index contributed by atoms with van der Waals surface area (Å²) in [6.07, 6.45) is 3.87. The molecule has 1 heterocycles. The Morgan fingerprint density at radius 2 is 2.10 bits per heavy atom. The number of hydrogen-bond acceptors (Lipinski definition) is 4. The van der Waals surface area contributed by atoms with E-state index in [4.69, 9.17) is 0 Å². The predicted molar refractivity (Wildman–Crippen MR) is 79.9 cm³/mol. The Balaban J connectivity index is 2.07. The fourth-order valence-electron chi connectivity index (χ4n) is 1.70. The smallest absolute Gasteiger partial charge is 0.275 e. The highest BCUT2D eigenvalue weighted by Gasteiger charge is 2.10. The van der Waals surface area contributed by atoms with Crippen LogP contribution in [0.15, 0.2) is 30.6 Å². The van der Waals surface area contributed by atoms with Crippen LogP contribution < -0.4 is 10.6 Å². The summed E-state index contributed by atoms with van der Waals surface area (Å²) in [7, 11) is 0. The van der Waals surface area contributed by atoms with E-state index in [1.807, 2.05) is 6.92 Å². The molecule has 1 aromatic carbocycles. The topological polar surface area (TPSA) is 66.9 Å². The molecule has 0 aliphatic heterocycles. The number of benzene rings is 1. The first-order valence-corrected chi connectivity index (χ1v) is 6.73. The first-order chi connectivity index (χ1) is 10.1. The van der Waals surface area contributed by atoms with Crippen molar-refractivity contribution in [2.24, 2.45) is 0 Å². The number of anilines is 2. The van der Waals surface area contributed by atoms with E-state index in [0.29, 0.717) is 11.5 Å². The first-order valence-electron chi connectivity index (χ1n) is 6.73. The van der Waals surface area contributed by atoms with Gasteiger partial charge in [0.15, 0.2) is 0 Å². The van der Waals surface area contributed by atoms with Gasteiger partial charge >= 0.3 is 0 Å². The molecule has 0 unspecified atom stereocenters. The van der Waals surface area contributed by atoms with Crippen LogP contribution in [0.25, 0.3) is 0 Å². The van der Waals surface area contributed by atoms with Crippen LogP contribution in [-0.2, 0) is 0 Å². The minimum Gasteiger partial charge on any atom is -0.369 e. The highest BCUT2D eigenvalue weighted by Crippen LogP contribution is 2.16. The van der Waals surface area contributed by atoms with Crippen molar-refractivity contribution in [1.29, 1.82) is 0 Å². The number of halogens is 1. The van der Waals surface area contributed by atoms with Gasteiger partial charge in [-0.05, 0) is 31.0 Å². The Hall–Kier alpha value is -2.50.